The molecule has 0 spiro atoms. The van der Waals surface area contributed by atoms with Crippen molar-refractivity contribution in [3.05, 3.63) is 51.9 Å². The molecular weight excluding hydrogens is 192 g/mol. The molecule has 1 heteroatoms. The van der Waals surface area contributed by atoms with E-state index in [4.69, 9.17) is 0 Å². The summed E-state index contributed by atoms with van der Waals surface area (Å²) in [7, 11) is 0. The molecule has 0 radical (unpaired) electrons. The molecule has 64 valence electrons. The Morgan fingerprint density at radius 1 is 1.15 bits per heavy atom. The number of hydrogen-bond acceptors (Lipinski definition) is 0. The van der Waals surface area contributed by atoms with Gasteiger partial charge in [0.2, 0.25) is 0 Å². The van der Waals surface area contributed by atoms with Crippen LogP contribution in [-0.2, 0) is 19.2 Å². The minimum absolute atomic E-state index is 0.0267. The van der Waals surface area contributed by atoms with Crippen LogP contribution in [0.25, 0.3) is 0 Å². The van der Waals surface area contributed by atoms with Crippen molar-refractivity contribution >= 4 is 3.87 Å². The molecule has 0 aromatic heterocycles. The normalized spacial score (nSPS) is 14.4. The van der Waals surface area contributed by atoms with Gasteiger partial charge < -0.3 is 0 Å². The Kier molecular flexibility index (Phi) is 2.82. The molecule has 0 aliphatic heterocycles. The average Bonchev–Trinajstić information content (AvgIpc) is 2.62. The van der Waals surface area contributed by atoms with Crippen LogP contribution in [0.3, 0.4) is 0 Å². The molecule has 13 heavy (non-hydrogen) atoms. The summed E-state index contributed by atoms with van der Waals surface area (Å²) in [6, 6.07) is 8.96. The number of hydrogen-bond donors (Lipinski definition) is 0. The molecule has 0 nitrogen and oxygen atoms in total. The third kappa shape index (κ3) is 2.43. The van der Waals surface area contributed by atoms with Gasteiger partial charge in [-0.1, -0.05) is 0 Å². The molecule has 0 atom stereocenters. The maximum atomic E-state index is 2.28. The molecule has 1 aromatic rings. The molecule has 2 rings (SSSR count). The quantitative estimate of drug-likeness (QED) is 0.649. The van der Waals surface area contributed by atoms with Crippen LogP contribution >= 0.6 is 0 Å². The molecule has 0 heterocycles. The summed E-state index contributed by atoms with van der Waals surface area (Å²) in [4.78, 5) is 0. The van der Waals surface area contributed by atoms with Crippen molar-refractivity contribution in [2.24, 2.45) is 0 Å². The predicted molar refractivity (Wildman–Crippen MR) is 52.7 cm³/mol. The standard InChI is InChI=1S/C7H7.C5H5.Ti/c1-7-5-3-2-4-6-7;1-2-4-5-3-1;/h3-6H,1H3;1-3H,4H2;. The fraction of sp³-hybridized carbons (Fsp3) is 0.167. The van der Waals surface area contributed by atoms with Gasteiger partial charge in [0.15, 0.2) is 0 Å². The van der Waals surface area contributed by atoms with Gasteiger partial charge in [-0.3, -0.25) is 0 Å². The summed E-state index contributed by atoms with van der Waals surface area (Å²) in [5, 5.41) is 0. The second-order valence-corrected chi connectivity index (χ2v) is 5.61. The van der Waals surface area contributed by atoms with Crippen LogP contribution in [0.1, 0.15) is 12.0 Å². The fourth-order valence-corrected chi connectivity index (χ4v) is 3.09. The van der Waals surface area contributed by atoms with Crippen molar-refractivity contribution < 1.29 is 19.2 Å². The van der Waals surface area contributed by atoms with Gasteiger partial charge in [-0.2, -0.15) is 0 Å². The van der Waals surface area contributed by atoms with Gasteiger partial charge >= 0.3 is 88.3 Å². The Morgan fingerprint density at radius 3 is 2.54 bits per heavy atom. The third-order valence-corrected chi connectivity index (χ3v) is 4.18. The number of rotatable bonds is 2. The molecule has 1 aliphatic rings. The van der Waals surface area contributed by atoms with Gasteiger partial charge in [0.1, 0.15) is 0 Å². The van der Waals surface area contributed by atoms with E-state index in [1.54, 1.807) is 7.75 Å². The predicted octanol–water partition coefficient (Wildman–Crippen LogP) is 2.55. The zero-order chi connectivity index (χ0) is 9.10. The van der Waals surface area contributed by atoms with Crippen molar-refractivity contribution in [1.82, 2.24) is 0 Å². The summed E-state index contributed by atoms with van der Waals surface area (Å²) < 4.78 is 3.18. The van der Waals surface area contributed by atoms with Crippen LogP contribution in [-0.4, -0.2) is 0 Å². The first-order chi connectivity index (χ1) is 6.34. The minimum atomic E-state index is -0.0267. The second kappa shape index (κ2) is 4.08. The van der Waals surface area contributed by atoms with E-state index in [0.29, 0.717) is 0 Å². The molecule has 0 unspecified atom stereocenters. The molecular formula is C12H12Ti. The van der Waals surface area contributed by atoms with E-state index in [0.717, 1.165) is 0 Å². The second-order valence-electron chi connectivity index (χ2n) is 3.32. The third-order valence-electron chi connectivity index (χ3n) is 2.13. The van der Waals surface area contributed by atoms with Crippen molar-refractivity contribution in [3.8, 4) is 0 Å². The summed E-state index contributed by atoms with van der Waals surface area (Å²) in [5.41, 5.74) is 1.36. The van der Waals surface area contributed by atoms with Crippen LogP contribution in [0.4, 0.5) is 0 Å². The van der Waals surface area contributed by atoms with E-state index in [1.807, 2.05) is 0 Å². The van der Waals surface area contributed by atoms with Gasteiger partial charge in [0.05, 0.1) is 0 Å². The Bertz CT molecular complexity index is 344. The molecule has 1 aromatic carbocycles. The first kappa shape index (κ1) is 8.99. The Balaban J connectivity index is 2.06. The van der Waals surface area contributed by atoms with Crippen molar-refractivity contribution in [1.29, 1.82) is 0 Å². The van der Waals surface area contributed by atoms with Gasteiger partial charge in [-0.05, 0) is 0 Å². The van der Waals surface area contributed by atoms with Crippen molar-refractivity contribution in [2.75, 3.05) is 0 Å². The molecule has 0 N–H and O–H groups in total. The van der Waals surface area contributed by atoms with Gasteiger partial charge in [0, 0.05) is 0 Å². The van der Waals surface area contributed by atoms with Crippen LogP contribution < -0.4 is 3.87 Å². The molecule has 0 saturated carbocycles. The first-order valence-electron chi connectivity index (χ1n) is 4.54. The average molecular weight is 204 g/mol. The van der Waals surface area contributed by atoms with E-state index in [2.05, 4.69) is 49.4 Å². The SMILES string of the molecule is Cc1cc[c]([Ti][C]2=CC=CC2)cc1. The summed E-state index contributed by atoms with van der Waals surface area (Å²) in [6.45, 7) is 2.14. The van der Waals surface area contributed by atoms with Crippen LogP contribution in [0.2, 0.25) is 0 Å². The van der Waals surface area contributed by atoms with E-state index in [-0.39, 0.29) is 19.2 Å². The Morgan fingerprint density at radius 2 is 1.92 bits per heavy atom. The van der Waals surface area contributed by atoms with E-state index in [9.17, 15) is 0 Å². The summed E-state index contributed by atoms with van der Waals surface area (Å²) >= 11 is -0.0267. The van der Waals surface area contributed by atoms with Crippen molar-refractivity contribution in [2.45, 2.75) is 13.3 Å². The number of benzene rings is 1. The maximum absolute atomic E-state index is 2.28. The summed E-state index contributed by atoms with van der Waals surface area (Å²) in [6.07, 6.45) is 7.88. The van der Waals surface area contributed by atoms with Gasteiger partial charge in [-0.25, -0.2) is 0 Å². The topological polar surface area (TPSA) is 0 Å². The van der Waals surface area contributed by atoms with Crippen LogP contribution in [0.15, 0.2) is 46.4 Å². The van der Waals surface area contributed by atoms with E-state index in [1.165, 1.54) is 12.0 Å². The van der Waals surface area contributed by atoms with Crippen LogP contribution in [0, 0.1) is 6.92 Å². The number of aryl methyl sites for hydroxylation is 1. The molecule has 1 aliphatic carbocycles. The molecule has 0 saturated heterocycles. The Hall–Kier alpha value is -0.586. The van der Waals surface area contributed by atoms with Gasteiger partial charge in [0.25, 0.3) is 0 Å². The van der Waals surface area contributed by atoms with E-state index >= 15 is 0 Å². The van der Waals surface area contributed by atoms with Crippen molar-refractivity contribution in [3.63, 3.8) is 0 Å². The first-order valence-corrected chi connectivity index (χ1v) is 6.10. The zero-order valence-corrected chi connectivity index (χ0v) is 9.31. The Labute approximate surface area is 88.3 Å². The molecule has 0 bridgehead atoms. The number of allylic oxidation sites excluding steroid dienone is 4. The monoisotopic (exact) mass is 204 g/mol. The van der Waals surface area contributed by atoms with Crippen LogP contribution in [0.5, 0.6) is 0 Å². The molecule has 0 fully saturated rings. The molecule has 0 amide bonds. The fourth-order valence-electron chi connectivity index (χ4n) is 1.36. The zero-order valence-electron chi connectivity index (χ0n) is 7.75. The summed E-state index contributed by atoms with van der Waals surface area (Å²) in [5.74, 6) is 0. The van der Waals surface area contributed by atoms with E-state index < -0.39 is 0 Å². The van der Waals surface area contributed by atoms with Gasteiger partial charge in [-0.15, -0.1) is 0 Å².